The molecule has 16 heavy (non-hydrogen) atoms. The molecule has 1 aromatic rings. The topological polar surface area (TPSA) is 66.8 Å². The van der Waals surface area contributed by atoms with Gasteiger partial charge in [0.15, 0.2) is 0 Å². The van der Waals surface area contributed by atoms with Gasteiger partial charge in [0, 0.05) is 0 Å². The van der Waals surface area contributed by atoms with Gasteiger partial charge in [0.1, 0.15) is 12.4 Å². The number of carboxylic acid groups (broad SMARTS) is 1. The second-order valence-electron chi connectivity index (χ2n) is 3.21. The number of para-hydroxylation sites is 1. The first-order chi connectivity index (χ1) is 7.61. The highest BCUT2D eigenvalue weighted by atomic mass is 19.1. The number of amides is 1. The number of carbonyl (C=O) groups excluding carboxylic acids is 1. The molecule has 0 aliphatic carbocycles. The molecular formula is C10H8FNO4. The first-order valence-corrected chi connectivity index (χ1v) is 4.57. The van der Waals surface area contributed by atoms with Crippen molar-refractivity contribution in [3.63, 3.8) is 0 Å². The summed E-state index contributed by atoms with van der Waals surface area (Å²) in [5, 5.41) is 8.89. The van der Waals surface area contributed by atoms with Crippen molar-refractivity contribution in [3.05, 3.63) is 29.6 Å². The zero-order valence-corrected chi connectivity index (χ0v) is 8.14. The van der Waals surface area contributed by atoms with Crippen LogP contribution in [0.2, 0.25) is 0 Å². The van der Waals surface area contributed by atoms with E-state index in [0.29, 0.717) is 0 Å². The standard InChI is InChI=1S/C10H8FNO4/c11-7-3-1-2-6(9(13)14)8(7)12-4-5-16-10(12)15/h1-3H,4-5H2,(H,13,14). The second-order valence-corrected chi connectivity index (χ2v) is 3.21. The number of aromatic carboxylic acids is 1. The molecule has 1 N–H and O–H groups in total. The van der Waals surface area contributed by atoms with Crippen LogP contribution in [-0.4, -0.2) is 30.3 Å². The third kappa shape index (κ3) is 1.58. The summed E-state index contributed by atoms with van der Waals surface area (Å²) >= 11 is 0. The third-order valence-corrected chi connectivity index (χ3v) is 2.25. The van der Waals surface area contributed by atoms with Gasteiger partial charge < -0.3 is 9.84 Å². The molecule has 1 heterocycles. The number of anilines is 1. The van der Waals surface area contributed by atoms with Crippen molar-refractivity contribution >= 4 is 17.7 Å². The molecule has 1 aliphatic rings. The Kier molecular flexibility index (Phi) is 2.47. The molecule has 0 radical (unpaired) electrons. The molecule has 0 atom stereocenters. The molecule has 0 aromatic heterocycles. The summed E-state index contributed by atoms with van der Waals surface area (Å²) in [6.07, 6.45) is -0.729. The zero-order valence-electron chi connectivity index (χ0n) is 8.14. The van der Waals surface area contributed by atoms with E-state index in [1.165, 1.54) is 12.1 Å². The SMILES string of the molecule is O=C(O)c1cccc(F)c1N1CCOC1=O. The van der Waals surface area contributed by atoms with Crippen LogP contribution in [0.3, 0.4) is 0 Å². The molecule has 1 saturated heterocycles. The summed E-state index contributed by atoms with van der Waals surface area (Å²) in [7, 11) is 0. The van der Waals surface area contributed by atoms with E-state index in [1.54, 1.807) is 0 Å². The van der Waals surface area contributed by atoms with Crippen LogP contribution in [0.4, 0.5) is 14.9 Å². The van der Waals surface area contributed by atoms with Crippen LogP contribution >= 0.6 is 0 Å². The lowest BCUT2D eigenvalue weighted by Gasteiger charge is -2.15. The Morgan fingerprint density at radius 2 is 2.25 bits per heavy atom. The Labute approximate surface area is 90.0 Å². The van der Waals surface area contributed by atoms with E-state index in [2.05, 4.69) is 4.74 Å². The minimum Gasteiger partial charge on any atom is -0.478 e. The van der Waals surface area contributed by atoms with Gasteiger partial charge in [-0.3, -0.25) is 4.90 Å². The smallest absolute Gasteiger partial charge is 0.414 e. The fourth-order valence-electron chi connectivity index (χ4n) is 1.56. The van der Waals surface area contributed by atoms with Gasteiger partial charge in [0.25, 0.3) is 0 Å². The van der Waals surface area contributed by atoms with E-state index in [-0.39, 0.29) is 24.4 Å². The lowest BCUT2D eigenvalue weighted by molar-refractivity contribution is 0.0697. The van der Waals surface area contributed by atoms with Crippen LogP contribution in [0.1, 0.15) is 10.4 Å². The van der Waals surface area contributed by atoms with Crippen LogP contribution in [-0.2, 0) is 4.74 Å². The van der Waals surface area contributed by atoms with Crippen molar-refractivity contribution in [1.29, 1.82) is 0 Å². The van der Waals surface area contributed by atoms with Gasteiger partial charge in [-0.2, -0.15) is 0 Å². The van der Waals surface area contributed by atoms with Crippen molar-refractivity contribution in [3.8, 4) is 0 Å². The Hall–Kier alpha value is -2.11. The molecule has 1 fully saturated rings. The molecule has 1 amide bonds. The van der Waals surface area contributed by atoms with Gasteiger partial charge in [-0.05, 0) is 12.1 Å². The van der Waals surface area contributed by atoms with Crippen LogP contribution in [0.15, 0.2) is 18.2 Å². The van der Waals surface area contributed by atoms with Crippen molar-refractivity contribution < 1.29 is 23.8 Å². The minimum atomic E-state index is -1.28. The monoisotopic (exact) mass is 225 g/mol. The van der Waals surface area contributed by atoms with Crippen molar-refractivity contribution in [2.45, 2.75) is 0 Å². The van der Waals surface area contributed by atoms with Crippen LogP contribution < -0.4 is 4.90 Å². The molecule has 0 spiro atoms. The quantitative estimate of drug-likeness (QED) is 0.827. The zero-order chi connectivity index (χ0) is 11.7. The number of carbonyl (C=O) groups is 2. The number of hydrogen-bond donors (Lipinski definition) is 1. The molecule has 1 aromatic carbocycles. The molecule has 0 unspecified atom stereocenters. The van der Waals surface area contributed by atoms with E-state index < -0.39 is 17.9 Å². The van der Waals surface area contributed by atoms with E-state index >= 15 is 0 Å². The first kappa shape index (κ1) is 10.4. The highest BCUT2D eigenvalue weighted by molar-refractivity contribution is 6.00. The molecule has 0 bridgehead atoms. The predicted octanol–water partition coefficient (Wildman–Crippen LogP) is 1.48. The molecule has 5 nitrogen and oxygen atoms in total. The number of benzene rings is 1. The summed E-state index contributed by atoms with van der Waals surface area (Å²) in [5.41, 5.74) is -0.489. The molecule has 0 saturated carbocycles. The van der Waals surface area contributed by atoms with E-state index in [0.717, 1.165) is 11.0 Å². The summed E-state index contributed by atoms with van der Waals surface area (Å²) in [4.78, 5) is 23.1. The van der Waals surface area contributed by atoms with Crippen molar-refractivity contribution in [1.82, 2.24) is 0 Å². The van der Waals surface area contributed by atoms with Crippen LogP contribution in [0.5, 0.6) is 0 Å². The lowest BCUT2D eigenvalue weighted by Crippen LogP contribution is -2.26. The third-order valence-electron chi connectivity index (χ3n) is 2.25. The molecule has 1 aliphatic heterocycles. The average molecular weight is 225 g/mol. The number of ether oxygens (including phenoxy) is 1. The fourth-order valence-corrected chi connectivity index (χ4v) is 1.56. The molecular weight excluding hydrogens is 217 g/mol. The molecule has 6 heteroatoms. The lowest BCUT2D eigenvalue weighted by atomic mass is 10.1. The van der Waals surface area contributed by atoms with Gasteiger partial charge in [-0.25, -0.2) is 14.0 Å². The largest absolute Gasteiger partial charge is 0.478 e. The van der Waals surface area contributed by atoms with Gasteiger partial charge in [0.2, 0.25) is 0 Å². The number of nitrogens with zero attached hydrogens (tertiary/aromatic N) is 1. The van der Waals surface area contributed by atoms with Gasteiger partial charge in [-0.15, -0.1) is 0 Å². The van der Waals surface area contributed by atoms with Crippen molar-refractivity contribution in [2.75, 3.05) is 18.1 Å². The fraction of sp³-hybridized carbons (Fsp3) is 0.200. The van der Waals surface area contributed by atoms with E-state index in [9.17, 15) is 14.0 Å². The van der Waals surface area contributed by atoms with Gasteiger partial charge in [-0.1, -0.05) is 6.07 Å². The maximum absolute atomic E-state index is 13.5. The summed E-state index contributed by atoms with van der Waals surface area (Å²) < 4.78 is 18.2. The highest BCUT2D eigenvalue weighted by Gasteiger charge is 2.29. The average Bonchev–Trinajstić information content (AvgIpc) is 2.64. The number of rotatable bonds is 2. The summed E-state index contributed by atoms with van der Waals surface area (Å²) in [5.74, 6) is -2.03. The minimum absolute atomic E-state index is 0.131. The second kappa shape index (κ2) is 3.80. The highest BCUT2D eigenvalue weighted by Crippen LogP contribution is 2.26. The first-order valence-electron chi connectivity index (χ1n) is 4.57. The number of cyclic esters (lactones) is 1. The summed E-state index contributed by atoms with van der Waals surface area (Å²) in [6, 6.07) is 3.63. The maximum atomic E-state index is 13.5. The van der Waals surface area contributed by atoms with Gasteiger partial charge in [0.05, 0.1) is 17.8 Å². The van der Waals surface area contributed by atoms with Gasteiger partial charge >= 0.3 is 12.1 Å². The van der Waals surface area contributed by atoms with Crippen LogP contribution in [0.25, 0.3) is 0 Å². The Morgan fingerprint density at radius 3 is 2.81 bits per heavy atom. The number of carboxylic acids is 1. The molecule has 84 valence electrons. The van der Waals surface area contributed by atoms with Crippen LogP contribution in [0, 0.1) is 5.82 Å². The maximum Gasteiger partial charge on any atom is 0.414 e. The Balaban J connectivity index is 2.53. The number of halogens is 1. The Bertz CT molecular complexity index is 460. The van der Waals surface area contributed by atoms with Crippen molar-refractivity contribution in [2.24, 2.45) is 0 Å². The predicted molar refractivity (Wildman–Crippen MR) is 52.1 cm³/mol. The van der Waals surface area contributed by atoms with E-state index in [1.807, 2.05) is 0 Å². The van der Waals surface area contributed by atoms with E-state index in [4.69, 9.17) is 5.11 Å². The Morgan fingerprint density at radius 1 is 1.50 bits per heavy atom. The normalized spacial score (nSPS) is 15.1. The molecule has 2 rings (SSSR count). The summed E-state index contributed by atoms with van der Waals surface area (Å²) in [6.45, 7) is 0.284. The number of hydrogen-bond acceptors (Lipinski definition) is 3.